The van der Waals surface area contributed by atoms with Crippen molar-refractivity contribution in [1.29, 1.82) is 0 Å². The van der Waals surface area contributed by atoms with Crippen molar-refractivity contribution in [1.82, 2.24) is 9.76 Å². The minimum atomic E-state index is -2.96. The Balaban J connectivity index is 2.35. The van der Waals surface area contributed by atoms with Crippen LogP contribution in [0.1, 0.15) is 45.7 Å². The summed E-state index contributed by atoms with van der Waals surface area (Å²) in [5, 5.41) is 4.32. The van der Waals surface area contributed by atoms with Gasteiger partial charge in [-0.05, 0) is 57.4 Å². The second-order valence-corrected chi connectivity index (χ2v) is 9.48. The number of rotatable bonds is 4. The van der Waals surface area contributed by atoms with E-state index in [1.54, 1.807) is 0 Å². The third-order valence-electron chi connectivity index (χ3n) is 4.49. The second-order valence-electron chi connectivity index (χ2n) is 7.15. The van der Waals surface area contributed by atoms with Gasteiger partial charge < -0.3 is 4.67 Å². The van der Waals surface area contributed by atoms with E-state index in [1.165, 1.54) is 5.57 Å². The number of hydrogen-bond acceptors (Lipinski definition) is 1. The van der Waals surface area contributed by atoms with E-state index >= 15 is 0 Å². The highest BCUT2D eigenvalue weighted by Crippen LogP contribution is 2.56. The molecule has 4 heteroatoms. The zero-order valence-electron chi connectivity index (χ0n) is 15.7. The lowest BCUT2D eigenvalue weighted by molar-refractivity contribution is 0.446. The summed E-state index contributed by atoms with van der Waals surface area (Å²) < 4.78 is 16.5. The van der Waals surface area contributed by atoms with E-state index in [4.69, 9.17) is 0 Å². The highest BCUT2D eigenvalue weighted by molar-refractivity contribution is 7.68. The molecule has 0 spiro atoms. The van der Waals surface area contributed by atoms with Crippen LogP contribution in [0.3, 0.4) is 0 Å². The van der Waals surface area contributed by atoms with Gasteiger partial charge in [0.1, 0.15) is 0 Å². The topological polar surface area (TPSA) is 32.3 Å². The fourth-order valence-electron chi connectivity index (χ4n) is 3.62. The molecule has 132 valence electrons. The average Bonchev–Trinajstić information content (AvgIpc) is 2.58. The SMILES string of the molecule is CC1=C(c2ccccc2)N(C(C)C)P(=O)(NC(C)C)c2ccccc21. The van der Waals surface area contributed by atoms with Gasteiger partial charge in [-0.3, -0.25) is 4.57 Å². The van der Waals surface area contributed by atoms with Crippen LogP contribution in [0.5, 0.6) is 0 Å². The maximum atomic E-state index is 14.3. The maximum Gasteiger partial charge on any atom is 0.267 e. The van der Waals surface area contributed by atoms with Gasteiger partial charge in [-0.2, -0.15) is 0 Å². The molecule has 1 aliphatic rings. The molecule has 0 fully saturated rings. The molecular weight excluding hydrogens is 327 g/mol. The molecule has 1 heterocycles. The van der Waals surface area contributed by atoms with Crippen molar-refractivity contribution < 1.29 is 4.57 Å². The molecule has 0 aliphatic carbocycles. The van der Waals surface area contributed by atoms with Gasteiger partial charge >= 0.3 is 0 Å². The Hall–Kier alpha value is -1.83. The zero-order chi connectivity index (χ0) is 18.2. The molecule has 0 bridgehead atoms. The Morgan fingerprint density at radius 2 is 1.52 bits per heavy atom. The minimum absolute atomic E-state index is 0.107. The van der Waals surface area contributed by atoms with Crippen LogP contribution in [-0.2, 0) is 4.57 Å². The number of allylic oxidation sites excluding steroid dienone is 1. The van der Waals surface area contributed by atoms with Crippen molar-refractivity contribution in [3.05, 3.63) is 65.7 Å². The zero-order valence-corrected chi connectivity index (χ0v) is 16.5. The quantitative estimate of drug-likeness (QED) is 0.774. The number of hydrogen-bond donors (Lipinski definition) is 1. The largest absolute Gasteiger partial charge is 0.304 e. The van der Waals surface area contributed by atoms with E-state index in [2.05, 4.69) is 48.7 Å². The smallest absolute Gasteiger partial charge is 0.267 e. The number of benzene rings is 2. The van der Waals surface area contributed by atoms with Crippen LogP contribution in [0.2, 0.25) is 0 Å². The number of fused-ring (bicyclic) bond motifs is 1. The summed E-state index contributed by atoms with van der Waals surface area (Å²) in [4.78, 5) is 0. The first kappa shape index (κ1) is 18.0. The summed E-state index contributed by atoms with van der Waals surface area (Å²) in [6.07, 6.45) is 0. The molecule has 1 unspecified atom stereocenters. The molecule has 1 aliphatic heterocycles. The normalized spacial score (nSPS) is 20.4. The molecule has 0 aromatic heterocycles. The van der Waals surface area contributed by atoms with Gasteiger partial charge in [-0.1, -0.05) is 48.5 Å². The van der Waals surface area contributed by atoms with Crippen molar-refractivity contribution in [2.75, 3.05) is 0 Å². The lowest BCUT2D eigenvalue weighted by Crippen LogP contribution is -2.42. The highest BCUT2D eigenvalue weighted by atomic mass is 31.2. The molecule has 3 nitrogen and oxygen atoms in total. The number of nitrogens with one attached hydrogen (secondary N) is 1. The van der Waals surface area contributed by atoms with E-state index in [9.17, 15) is 4.57 Å². The molecule has 0 saturated carbocycles. The Morgan fingerprint density at radius 3 is 2.12 bits per heavy atom. The van der Waals surface area contributed by atoms with Crippen LogP contribution in [0.25, 0.3) is 11.3 Å². The Morgan fingerprint density at radius 1 is 0.920 bits per heavy atom. The summed E-state index contributed by atoms with van der Waals surface area (Å²) in [6, 6.07) is 18.6. The Labute approximate surface area is 151 Å². The maximum absolute atomic E-state index is 14.3. The summed E-state index contributed by atoms with van der Waals surface area (Å²) in [6.45, 7) is 10.5. The van der Waals surface area contributed by atoms with Gasteiger partial charge in [0.25, 0.3) is 7.44 Å². The van der Waals surface area contributed by atoms with Gasteiger partial charge in [0.2, 0.25) is 0 Å². The molecule has 0 radical (unpaired) electrons. The predicted octanol–water partition coefficient (Wildman–Crippen LogP) is 5.12. The van der Waals surface area contributed by atoms with Crippen molar-refractivity contribution in [2.24, 2.45) is 0 Å². The first-order valence-corrected chi connectivity index (χ1v) is 10.6. The first-order chi connectivity index (χ1) is 11.9. The fraction of sp³-hybridized carbons (Fsp3) is 0.333. The highest BCUT2D eigenvalue weighted by Gasteiger charge is 2.42. The summed E-state index contributed by atoms with van der Waals surface area (Å²) in [5.41, 5.74) is 4.42. The van der Waals surface area contributed by atoms with Crippen molar-refractivity contribution in [2.45, 2.75) is 46.7 Å². The van der Waals surface area contributed by atoms with Crippen molar-refractivity contribution in [3.63, 3.8) is 0 Å². The minimum Gasteiger partial charge on any atom is -0.304 e. The van der Waals surface area contributed by atoms with Gasteiger partial charge in [0, 0.05) is 12.1 Å². The van der Waals surface area contributed by atoms with Crippen LogP contribution >= 0.6 is 7.44 Å². The second kappa shape index (κ2) is 6.82. The van der Waals surface area contributed by atoms with E-state index in [0.717, 1.165) is 22.1 Å². The van der Waals surface area contributed by atoms with Crippen LogP contribution < -0.4 is 10.4 Å². The Bertz CT molecular complexity index is 840. The lowest BCUT2D eigenvalue weighted by Gasteiger charge is -2.44. The lowest BCUT2D eigenvalue weighted by atomic mass is 10.00. The summed E-state index contributed by atoms with van der Waals surface area (Å²) >= 11 is 0. The summed E-state index contributed by atoms with van der Waals surface area (Å²) in [7, 11) is -2.96. The fourth-order valence-corrected chi connectivity index (χ4v) is 6.87. The van der Waals surface area contributed by atoms with Crippen molar-refractivity contribution >= 4 is 24.0 Å². The van der Waals surface area contributed by atoms with Crippen LogP contribution in [0.15, 0.2) is 54.6 Å². The van der Waals surface area contributed by atoms with Crippen LogP contribution in [0.4, 0.5) is 0 Å². The van der Waals surface area contributed by atoms with Crippen LogP contribution in [-0.4, -0.2) is 16.8 Å². The Kier molecular flexibility index (Phi) is 4.90. The summed E-state index contributed by atoms with van der Waals surface area (Å²) in [5.74, 6) is 0. The molecule has 0 saturated heterocycles. The third-order valence-corrected chi connectivity index (χ3v) is 7.67. The molecule has 2 aromatic carbocycles. The molecule has 2 aromatic rings. The van der Waals surface area contributed by atoms with Crippen molar-refractivity contribution in [3.8, 4) is 0 Å². The van der Waals surface area contributed by atoms with E-state index in [1.807, 2.05) is 50.2 Å². The molecule has 1 N–H and O–H groups in total. The molecule has 25 heavy (non-hydrogen) atoms. The number of nitrogens with zero attached hydrogens (tertiary/aromatic N) is 1. The van der Waals surface area contributed by atoms with Gasteiger partial charge in [-0.25, -0.2) is 5.09 Å². The molecule has 1 atom stereocenters. The first-order valence-electron chi connectivity index (χ1n) is 8.90. The van der Waals surface area contributed by atoms with Gasteiger partial charge in [-0.15, -0.1) is 0 Å². The molecule has 0 amide bonds. The van der Waals surface area contributed by atoms with Crippen LogP contribution in [0, 0.1) is 0 Å². The van der Waals surface area contributed by atoms with E-state index in [0.29, 0.717) is 0 Å². The predicted molar refractivity (Wildman–Crippen MR) is 108 cm³/mol. The van der Waals surface area contributed by atoms with Gasteiger partial charge in [0.15, 0.2) is 0 Å². The third kappa shape index (κ3) is 3.07. The van der Waals surface area contributed by atoms with E-state index in [-0.39, 0.29) is 12.1 Å². The van der Waals surface area contributed by atoms with Gasteiger partial charge in [0.05, 0.1) is 11.0 Å². The molecular formula is C21H27N2OP. The standard InChI is InChI=1S/C21H27N2OP/c1-15(2)22-25(24)20-14-10-9-13-19(20)17(5)21(23(25)16(3)4)18-11-7-6-8-12-18/h6-16H,1-5H3,(H,22,24). The average molecular weight is 354 g/mol. The monoisotopic (exact) mass is 354 g/mol. The van der Waals surface area contributed by atoms with E-state index < -0.39 is 7.44 Å². The molecule has 3 rings (SSSR count).